The zero-order valence-corrected chi connectivity index (χ0v) is 23.0. The average Bonchev–Trinajstić information content (AvgIpc) is 3.51. The maximum absolute atomic E-state index is 13.9. The third-order valence-corrected chi connectivity index (χ3v) is 7.79. The smallest absolute Gasteiger partial charge is 0.337 e. The van der Waals surface area contributed by atoms with Crippen molar-refractivity contribution < 1.29 is 27.9 Å². The Morgan fingerprint density at radius 1 is 1.02 bits per heavy atom. The second kappa shape index (κ2) is 10.6. The summed E-state index contributed by atoms with van der Waals surface area (Å²) < 4.78 is 22.4. The number of ether oxygens (including phenoxy) is 2. The standard InChI is InChI=1S/C33H29NO7/c1-18-6-11-28-23(13-18)32(36)24(17-40-28)30-29(33(37)41-16-20-7-9-22(38-3)10-8-20)19(2)34-25-14-21(15-26(35)31(25)30)27-5-4-12-39-27/h4-13,17,21,30,34H,14-16H2,1-3H3/t21-,30+/m0/s1. The molecule has 0 amide bonds. The highest BCUT2D eigenvalue weighted by Crippen LogP contribution is 2.45. The van der Waals surface area contributed by atoms with Crippen LogP contribution < -0.4 is 15.5 Å². The summed E-state index contributed by atoms with van der Waals surface area (Å²) in [4.78, 5) is 41.4. The van der Waals surface area contributed by atoms with E-state index < -0.39 is 11.9 Å². The van der Waals surface area contributed by atoms with Crippen LogP contribution in [-0.2, 0) is 20.9 Å². The Hall–Kier alpha value is -4.85. The lowest BCUT2D eigenvalue weighted by molar-refractivity contribution is -0.140. The van der Waals surface area contributed by atoms with Crippen LogP contribution >= 0.6 is 0 Å². The van der Waals surface area contributed by atoms with E-state index in [1.807, 2.05) is 31.2 Å². The summed E-state index contributed by atoms with van der Waals surface area (Å²) >= 11 is 0. The number of furan rings is 1. The summed E-state index contributed by atoms with van der Waals surface area (Å²) in [5, 5.41) is 3.69. The van der Waals surface area contributed by atoms with Gasteiger partial charge in [0.1, 0.15) is 23.7 Å². The molecular formula is C33H29NO7. The molecular weight excluding hydrogens is 522 g/mol. The van der Waals surface area contributed by atoms with Crippen LogP contribution in [0.3, 0.4) is 0 Å². The largest absolute Gasteiger partial charge is 0.497 e. The molecule has 2 aliphatic rings. The first-order chi connectivity index (χ1) is 19.8. The van der Waals surface area contributed by atoms with Crippen LogP contribution in [0, 0.1) is 6.92 Å². The Morgan fingerprint density at radius 3 is 2.56 bits per heavy atom. The quantitative estimate of drug-likeness (QED) is 0.299. The fourth-order valence-corrected chi connectivity index (χ4v) is 5.75. The lowest BCUT2D eigenvalue weighted by Gasteiger charge is -2.35. The first-order valence-corrected chi connectivity index (χ1v) is 13.4. The number of rotatable bonds is 6. The molecule has 208 valence electrons. The number of hydrogen-bond donors (Lipinski definition) is 1. The van der Waals surface area contributed by atoms with E-state index in [0.717, 1.165) is 16.9 Å². The molecule has 3 heterocycles. The van der Waals surface area contributed by atoms with E-state index >= 15 is 0 Å². The predicted molar refractivity (Wildman–Crippen MR) is 151 cm³/mol. The van der Waals surface area contributed by atoms with Crippen molar-refractivity contribution in [2.75, 3.05) is 7.11 Å². The number of methoxy groups -OCH3 is 1. The van der Waals surface area contributed by atoms with E-state index in [4.69, 9.17) is 18.3 Å². The second-order valence-electron chi connectivity index (χ2n) is 10.5. The molecule has 0 bridgehead atoms. The van der Waals surface area contributed by atoms with Gasteiger partial charge in [-0.2, -0.15) is 0 Å². The van der Waals surface area contributed by atoms with Crippen LogP contribution in [0.15, 0.2) is 103 Å². The molecule has 0 spiro atoms. The maximum atomic E-state index is 13.9. The lowest BCUT2D eigenvalue weighted by Crippen LogP contribution is -2.37. The molecule has 0 unspecified atom stereocenters. The Labute approximate surface area is 236 Å². The van der Waals surface area contributed by atoms with E-state index in [2.05, 4.69) is 5.32 Å². The number of nitrogens with one attached hydrogen (secondary N) is 1. The molecule has 0 saturated heterocycles. The number of allylic oxidation sites excluding steroid dienone is 3. The molecule has 1 aliphatic heterocycles. The number of benzene rings is 2. The van der Waals surface area contributed by atoms with Crippen LogP contribution in [-0.4, -0.2) is 18.9 Å². The molecule has 0 radical (unpaired) electrons. The Bertz CT molecular complexity index is 1770. The summed E-state index contributed by atoms with van der Waals surface area (Å²) in [6.07, 6.45) is 3.64. The topological polar surface area (TPSA) is 108 Å². The van der Waals surface area contributed by atoms with Crippen molar-refractivity contribution >= 4 is 22.7 Å². The van der Waals surface area contributed by atoms with Crippen LogP contribution in [0.4, 0.5) is 0 Å². The first kappa shape index (κ1) is 26.4. The average molecular weight is 552 g/mol. The molecule has 0 fully saturated rings. The van der Waals surface area contributed by atoms with Crippen LogP contribution in [0.1, 0.15) is 54.1 Å². The number of hydrogen-bond acceptors (Lipinski definition) is 8. The summed E-state index contributed by atoms with van der Waals surface area (Å²) in [6, 6.07) is 16.2. The van der Waals surface area contributed by atoms with Gasteiger partial charge in [0.15, 0.2) is 11.2 Å². The van der Waals surface area contributed by atoms with Gasteiger partial charge < -0.3 is 23.6 Å². The molecule has 2 atom stereocenters. The molecule has 2 aromatic carbocycles. The number of dihydropyridines is 1. The summed E-state index contributed by atoms with van der Waals surface area (Å²) in [7, 11) is 1.58. The zero-order valence-electron chi connectivity index (χ0n) is 23.0. The van der Waals surface area contributed by atoms with Crippen molar-refractivity contribution in [2.45, 2.75) is 45.1 Å². The van der Waals surface area contributed by atoms with Crippen molar-refractivity contribution in [3.63, 3.8) is 0 Å². The van der Waals surface area contributed by atoms with Crippen molar-refractivity contribution in [1.82, 2.24) is 5.32 Å². The number of ketones is 1. The van der Waals surface area contributed by atoms with Crippen molar-refractivity contribution in [3.8, 4) is 5.75 Å². The number of aryl methyl sites for hydroxylation is 1. The number of carbonyl (C=O) groups excluding carboxylic acids is 2. The fraction of sp³-hybridized carbons (Fsp3) is 0.242. The van der Waals surface area contributed by atoms with Gasteiger partial charge in [0.05, 0.1) is 36.5 Å². The first-order valence-electron chi connectivity index (χ1n) is 13.4. The minimum Gasteiger partial charge on any atom is -0.497 e. The molecule has 4 aromatic rings. The van der Waals surface area contributed by atoms with Crippen LogP contribution in [0.2, 0.25) is 0 Å². The van der Waals surface area contributed by atoms with E-state index in [1.165, 1.54) is 6.26 Å². The van der Waals surface area contributed by atoms with Crippen LogP contribution in [0.25, 0.3) is 11.0 Å². The second-order valence-corrected chi connectivity index (χ2v) is 10.5. The maximum Gasteiger partial charge on any atom is 0.337 e. The van der Waals surface area contributed by atoms with Gasteiger partial charge in [-0.25, -0.2) is 4.79 Å². The molecule has 8 nitrogen and oxygen atoms in total. The molecule has 0 saturated carbocycles. The van der Waals surface area contributed by atoms with Gasteiger partial charge in [-0.1, -0.05) is 23.8 Å². The molecule has 41 heavy (non-hydrogen) atoms. The molecule has 8 heteroatoms. The van der Waals surface area contributed by atoms with Gasteiger partial charge in [0.25, 0.3) is 0 Å². The van der Waals surface area contributed by atoms with E-state index in [0.29, 0.717) is 40.1 Å². The van der Waals surface area contributed by atoms with E-state index in [9.17, 15) is 14.4 Å². The number of esters is 1. The van der Waals surface area contributed by atoms with Gasteiger partial charge in [0.2, 0.25) is 0 Å². The highest BCUT2D eigenvalue weighted by molar-refractivity contribution is 6.04. The van der Waals surface area contributed by atoms with Gasteiger partial charge in [0, 0.05) is 34.9 Å². The summed E-state index contributed by atoms with van der Waals surface area (Å²) in [5.41, 5.74) is 3.81. The van der Waals surface area contributed by atoms with Gasteiger partial charge in [-0.3, -0.25) is 9.59 Å². The SMILES string of the molecule is COc1ccc(COC(=O)C2=C(C)NC3=C(C(=O)C[C@@H](c4ccco4)C3)[C@@H]2c2coc3ccc(C)cc3c2=O)cc1. The number of fused-ring (bicyclic) bond motifs is 1. The van der Waals surface area contributed by atoms with Crippen molar-refractivity contribution in [3.05, 3.63) is 122 Å². The van der Waals surface area contributed by atoms with E-state index in [1.54, 1.807) is 50.6 Å². The Morgan fingerprint density at radius 2 is 1.83 bits per heavy atom. The predicted octanol–water partition coefficient (Wildman–Crippen LogP) is 5.81. The Kier molecular flexibility index (Phi) is 6.83. The van der Waals surface area contributed by atoms with Gasteiger partial charge in [-0.05, 0) is 62.2 Å². The fourth-order valence-electron chi connectivity index (χ4n) is 5.75. The molecule has 1 aliphatic carbocycles. The highest BCUT2D eigenvalue weighted by Gasteiger charge is 2.43. The van der Waals surface area contributed by atoms with E-state index in [-0.39, 0.29) is 41.3 Å². The minimum atomic E-state index is -0.944. The van der Waals surface area contributed by atoms with Crippen molar-refractivity contribution in [1.29, 1.82) is 0 Å². The zero-order chi connectivity index (χ0) is 28.7. The summed E-state index contributed by atoms with van der Waals surface area (Å²) in [6.45, 7) is 3.66. The van der Waals surface area contributed by atoms with Gasteiger partial charge >= 0.3 is 5.97 Å². The Balaban J connectivity index is 1.43. The monoisotopic (exact) mass is 551 g/mol. The molecule has 2 aromatic heterocycles. The minimum absolute atomic E-state index is 0.0122. The highest BCUT2D eigenvalue weighted by atomic mass is 16.5. The third-order valence-electron chi connectivity index (χ3n) is 7.79. The lowest BCUT2D eigenvalue weighted by atomic mass is 9.72. The van der Waals surface area contributed by atoms with Gasteiger partial charge in [-0.15, -0.1) is 0 Å². The molecule has 1 N–H and O–H groups in total. The third kappa shape index (κ3) is 4.86. The number of Topliss-reactive ketones (excluding diaryl/α,β-unsaturated/α-hetero) is 1. The molecule has 6 rings (SSSR count). The normalized spacial score (nSPS) is 18.8. The summed E-state index contributed by atoms with van der Waals surface area (Å²) in [5.74, 6) is -0.474. The van der Waals surface area contributed by atoms with Crippen LogP contribution in [0.5, 0.6) is 5.75 Å². The number of carbonyl (C=O) groups is 2. The van der Waals surface area contributed by atoms with Crippen molar-refractivity contribution in [2.24, 2.45) is 0 Å².